The zero-order chi connectivity index (χ0) is 16.5. The van der Waals surface area contributed by atoms with Gasteiger partial charge in [-0.15, -0.1) is 0 Å². The Bertz CT molecular complexity index is 886. The van der Waals surface area contributed by atoms with Crippen LogP contribution in [0.5, 0.6) is 0 Å². The number of likely N-dealkylation sites (tertiary alicyclic amines) is 1. The Balaban J connectivity index is 1.56. The van der Waals surface area contributed by atoms with Crippen molar-refractivity contribution in [3.8, 4) is 0 Å². The Morgan fingerprint density at radius 3 is 2.83 bits per heavy atom. The number of fused-ring (bicyclic) bond motifs is 1. The largest absolute Gasteiger partial charge is 0.338 e. The second-order valence-electron chi connectivity index (χ2n) is 6.45. The van der Waals surface area contributed by atoms with Crippen LogP contribution in [0.3, 0.4) is 0 Å². The van der Waals surface area contributed by atoms with E-state index in [1.807, 2.05) is 30.3 Å². The average Bonchev–Trinajstić information content (AvgIpc) is 3.07. The highest BCUT2D eigenvalue weighted by Gasteiger charge is 2.26. The van der Waals surface area contributed by atoms with Gasteiger partial charge in [0.25, 0.3) is 5.91 Å². The molecule has 122 valence electrons. The third kappa shape index (κ3) is 2.77. The molecular formula is C19H20N4O. The first-order valence-corrected chi connectivity index (χ1v) is 8.33. The number of pyridine rings is 1. The Kier molecular flexibility index (Phi) is 3.76. The van der Waals surface area contributed by atoms with Gasteiger partial charge in [-0.25, -0.2) is 0 Å². The lowest BCUT2D eigenvalue weighted by Crippen LogP contribution is -2.39. The highest BCUT2D eigenvalue weighted by Crippen LogP contribution is 2.28. The fourth-order valence-corrected chi connectivity index (χ4v) is 3.44. The molecule has 0 unspecified atom stereocenters. The van der Waals surface area contributed by atoms with E-state index in [-0.39, 0.29) is 5.91 Å². The van der Waals surface area contributed by atoms with Gasteiger partial charge in [0.15, 0.2) is 0 Å². The van der Waals surface area contributed by atoms with Crippen LogP contribution >= 0.6 is 0 Å². The van der Waals surface area contributed by atoms with Crippen LogP contribution < -0.4 is 0 Å². The SMILES string of the molecule is Cn1cc(C(=O)N2CCC[C@@H](c3cc4ccccc4cn3)C2)cn1. The maximum absolute atomic E-state index is 12.7. The van der Waals surface area contributed by atoms with E-state index in [0.717, 1.165) is 37.0 Å². The zero-order valence-corrected chi connectivity index (χ0v) is 13.7. The maximum atomic E-state index is 12.7. The predicted octanol–water partition coefficient (Wildman–Crippen LogP) is 2.99. The number of benzene rings is 1. The van der Waals surface area contributed by atoms with Crippen molar-refractivity contribution in [2.24, 2.45) is 7.05 Å². The van der Waals surface area contributed by atoms with Crippen molar-refractivity contribution >= 4 is 16.7 Å². The summed E-state index contributed by atoms with van der Waals surface area (Å²) in [6.45, 7) is 1.52. The first-order valence-electron chi connectivity index (χ1n) is 8.33. The van der Waals surface area contributed by atoms with E-state index in [1.165, 1.54) is 5.39 Å². The fraction of sp³-hybridized carbons (Fsp3) is 0.316. The molecule has 5 heteroatoms. The van der Waals surface area contributed by atoms with Crippen LogP contribution in [0.2, 0.25) is 0 Å². The van der Waals surface area contributed by atoms with Crippen molar-refractivity contribution in [1.29, 1.82) is 0 Å². The molecule has 1 aromatic carbocycles. The molecule has 1 amide bonds. The monoisotopic (exact) mass is 320 g/mol. The minimum absolute atomic E-state index is 0.0635. The maximum Gasteiger partial charge on any atom is 0.257 e. The Morgan fingerprint density at radius 2 is 2.04 bits per heavy atom. The van der Waals surface area contributed by atoms with Crippen LogP contribution in [0.15, 0.2) is 48.9 Å². The molecule has 0 spiro atoms. The number of carbonyl (C=O) groups is 1. The lowest BCUT2D eigenvalue weighted by Gasteiger charge is -2.32. The normalized spacial score (nSPS) is 18.0. The third-order valence-corrected chi connectivity index (χ3v) is 4.73. The van der Waals surface area contributed by atoms with Crippen molar-refractivity contribution in [2.75, 3.05) is 13.1 Å². The summed E-state index contributed by atoms with van der Waals surface area (Å²) in [7, 11) is 1.83. The van der Waals surface area contributed by atoms with E-state index in [2.05, 4.69) is 28.3 Å². The van der Waals surface area contributed by atoms with Crippen molar-refractivity contribution in [2.45, 2.75) is 18.8 Å². The number of hydrogen-bond donors (Lipinski definition) is 0. The number of hydrogen-bond acceptors (Lipinski definition) is 3. The molecule has 24 heavy (non-hydrogen) atoms. The number of aromatic nitrogens is 3. The second-order valence-corrected chi connectivity index (χ2v) is 6.45. The molecule has 1 saturated heterocycles. The standard InChI is InChI=1S/C19H20N4O/c1-22-12-17(11-21-22)19(24)23-8-4-7-16(13-23)18-9-14-5-2-3-6-15(14)10-20-18/h2-3,5-6,9-12,16H,4,7-8,13H2,1H3/t16-/m1/s1. The van der Waals surface area contributed by atoms with Gasteiger partial charge >= 0.3 is 0 Å². The summed E-state index contributed by atoms with van der Waals surface area (Å²) in [5.41, 5.74) is 1.74. The van der Waals surface area contributed by atoms with Crippen LogP contribution in [-0.2, 0) is 7.05 Å². The molecule has 4 rings (SSSR count). The second kappa shape index (κ2) is 6.07. The van der Waals surface area contributed by atoms with Gasteiger partial charge in [0, 0.05) is 49.5 Å². The molecule has 1 fully saturated rings. The lowest BCUT2D eigenvalue weighted by molar-refractivity contribution is 0.0706. The number of carbonyl (C=O) groups excluding carboxylic acids is 1. The van der Waals surface area contributed by atoms with Gasteiger partial charge in [-0.05, 0) is 24.3 Å². The molecule has 0 radical (unpaired) electrons. The topological polar surface area (TPSA) is 51.0 Å². The Hall–Kier alpha value is -2.69. The number of amides is 1. The summed E-state index contributed by atoms with van der Waals surface area (Å²) >= 11 is 0. The van der Waals surface area contributed by atoms with Crippen LogP contribution in [0.4, 0.5) is 0 Å². The Labute approximate surface area is 140 Å². The summed E-state index contributed by atoms with van der Waals surface area (Å²) in [6, 6.07) is 10.4. The Morgan fingerprint density at radius 1 is 1.21 bits per heavy atom. The first-order chi connectivity index (χ1) is 11.7. The molecule has 0 N–H and O–H groups in total. The van der Waals surface area contributed by atoms with Gasteiger partial charge < -0.3 is 4.90 Å². The van der Waals surface area contributed by atoms with E-state index in [0.29, 0.717) is 11.5 Å². The van der Waals surface area contributed by atoms with E-state index in [9.17, 15) is 4.79 Å². The summed E-state index contributed by atoms with van der Waals surface area (Å²) < 4.78 is 1.67. The predicted molar refractivity (Wildman–Crippen MR) is 92.8 cm³/mol. The van der Waals surface area contributed by atoms with E-state index < -0.39 is 0 Å². The van der Waals surface area contributed by atoms with E-state index in [1.54, 1.807) is 17.1 Å². The summed E-state index contributed by atoms with van der Waals surface area (Å²) in [6.07, 6.45) is 7.43. The van der Waals surface area contributed by atoms with Crippen molar-refractivity contribution in [1.82, 2.24) is 19.7 Å². The van der Waals surface area contributed by atoms with Crippen LogP contribution in [0.1, 0.15) is 34.8 Å². The van der Waals surface area contributed by atoms with Gasteiger partial charge in [-0.2, -0.15) is 5.10 Å². The van der Waals surface area contributed by atoms with Gasteiger partial charge in [0.2, 0.25) is 0 Å². The lowest BCUT2D eigenvalue weighted by atomic mass is 9.93. The molecular weight excluding hydrogens is 300 g/mol. The highest BCUT2D eigenvalue weighted by molar-refractivity contribution is 5.93. The fourth-order valence-electron chi connectivity index (χ4n) is 3.44. The molecule has 3 heterocycles. The van der Waals surface area contributed by atoms with Crippen LogP contribution in [0.25, 0.3) is 10.8 Å². The first kappa shape index (κ1) is 14.9. The molecule has 5 nitrogen and oxygen atoms in total. The number of rotatable bonds is 2. The zero-order valence-electron chi connectivity index (χ0n) is 13.7. The van der Waals surface area contributed by atoms with Gasteiger partial charge in [-0.3, -0.25) is 14.5 Å². The molecule has 1 aliphatic heterocycles. The van der Waals surface area contributed by atoms with Crippen LogP contribution in [0, 0.1) is 0 Å². The average molecular weight is 320 g/mol. The molecule has 0 saturated carbocycles. The number of aryl methyl sites for hydroxylation is 1. The molecule has 1 atom stereocenters. The number of piperidine rings is 1. The van der Waals surface area contributed by atoms with Gasteiger partial charge in [0.1, 0.15) is 0 Å². The molecule has 0 bridgehead atoms. The summed E-state index contributed by atoms with van der Waals surface area (Å²) in [4.78, 5) is 19.2. The summed E-state index contributed by atoms with van der Waals surface area (Å²) in [5, 5.41) is 6.46. The minimum Gasteiger partial charge on any atom is -0.338 e. The minimum atomic E-state index is 0.0635. The molecule has 1 aliphatic rings. The van der Waals surface area contributed by atoms with Crippen LogP contribution in [-0.4, -0.2) is 38.7 Å². The van der Waals surface area contributed by atoms with Crippen molar-refractivity contribution < 1.29 is 4.79 Å². The molecule has 0 aliphatic carbocycles. The van der Waals surface area contributed by atoms with E-state index >= 15 is 0 Å². The molecule has 2 aromatic heterocycles. The van der Waals surface area contributed by atoms with Gasteiger partial charge in [-0.1, -0.05) is 24.3 Å². The molecule has 3 aromatic rings. The summed E-state index contributed by atoms with van der Waals surface area (Å²) in [5.74, 6) is 0.359. The quantitative estimate of drug-likeness (QED) is 0.729. The van der Waals surface area contributed by atoms with Crippen molar-refractivity contribution in [3.63, 3.8) is 0 Å². The third-order valence-electron chi connectivity index (χ3n) is 4.73. The van der Waals surface area contributed by atoms with Crippen molar-refractivity contribution in [3.05, 3.63) is 60.2 Å². The number of nitrogens with zero attached hydrogens (tertiary/aromatic N) is 4. The highest BCUT2D eigenvalue weighted by atomic mass is 16.2. The van der Waals surface area contributed by atoms with Gasteiger partial charge in [0.05, 0.1) is 11.8 Å². The van der Waals surface area contributed by atoms with E-state index in [4.69, 9.17) is 0 Å². The smallest absolute Gasteiger partial charge is 0.257 e.